The summed E-state index contributed by atoms with van der Waals surface area (Å²) in [7, 11) is -1.23. The molecule has 11 aromatic rings. The van der Waals surface area contributed by atoms with E-state index < -0.39 is 8.07 Å². The van der Waals surface area contributed by atoms with Crippen molar-refractivity contribution in [3.63, 3.8) is 0 Å². The van der Waals surface area contributed by atoms with Gasteiger partial charge in [0.15, 0.2) is 0 Å². The third-order valence-corrected chi connectivity index (χ3v) is 13.0. The van der Waals surface area contributed by atoms with Gasteiger partial charge in [-0.25, -0.2) is 4.39 Å². The van der Waals surface area contributed by atoms with Gasteiger partial charge in [-0.15, -0.1) is 54.1 Å². The van der Waals surface area contributed by atoms with Crippen LogP contribution in [-0.4, -0.2) is 22.6 Å². The summed E-state index contributed by atoms with van der Waals surface area (Å²) in [6.07, 6.45) is 2.02. The number of imidazole rings is 1. The fraction of sp³-hybridized carbons (Fsp3) is 0.0566. The van der Waals surface area contributed by atoms with E-state index in [0.29, 0.717) is 5.39 Å². The third kappa shape index (κ3) is 7.05. The number of nitrogens with zero attached hydrogens (tertiary/aromatic N) is 3. The van der Waals surface area contributed by atoms with Crippen molar-refractivity contribution in [2.24, 2.45) is 0 Å². The molecule has 3 heterocycles. The zero-order valence-electron chi connectivity index (χ0n) is 33.2. The van der Waals surface area contributed by atoms with Gasteiger partial charge < -0.3 is 14.0 Å². The van der Waals surface area contributed by atoms with Gasteiger partial charge in [0.25, 0.3) is 0 Å². The number of fused-ring (bicyclic) bond motifs is 6. The minimum absolute atomic E-state index is 0. The Morgan fingerprint density at radius 3 is 2.20 bits per heavy atom. The molecule has 0 amide bonds. The largest absolute Gasteiger partial charge is 0.501 e. The maximum Gasteiger partial charge on any atom is 0.131 e. The maximum atomic E-state index is 14.6. The average Bonchev–Trinajstić information content (AvgIpc) is 3.85. The third-order valence-electron chi connectivity index (χ3n) is 11.0. The van der Waals surface area contributed by atoms with Crippen LogP contribution in [0.5, 0.6) is 0 Å². The Hall–Kier alpha value is -6.50. The molecule has 7 heteroatoms. The van der Waals surface area contributed by atoms with E-state index >= 15 is 0 Å². The van der Waals surface area contributed by atoms with Gasteiger partial charge in [0.2, 0.25) is 0 Å². The van der Waals surface area contributed by atoms with E-state index in [2.05, 4.69) is 108 Å². The van der Waals surface area contributed by atoms with Crippen molar-refractivity contribution in [2.45, 2.75) is 19.6 Å². The second-order valence-corrected chi connectivity index (χ2v) is 20.8. The van der Waals surface area contributed by atoms with E-state index in [0.717, 1.165) is 88.6 Å². The predicted octanol–water partition coefficient (Wildman–Crippen LogP) is 13.6. The maximum absolute atomic E-state index is 14.6. The van der Waals surface area contributed by atoms with Gasteiger partial charge in [0, 0.05) is 48.1 Å². The Balaban J connectivity index is 0.000000230. The Labute approximate surface area is 362 Å². The van der Waals surface area contributed by atoms with Gasteiger partial charge in [0.1, 0.15) is 11.4 Å². The SMILES string of the molecule is C[Si](C)(C)c1ccc(-c2[c-]cccc2)nc1.Fc1ccc(-c2ccc3oc4c(-c5nc6ccccc6n5-c5cccc6ccccc56)[c-]ccc4c3c2)c2ccccc12.[Ir]. The number of para-hydroxylation sites is 2. The smallest absolute Gasteiger partial charge is 0.131 e. The van der Waals surface area contributed by atoms with Gasteiger partial charge in [-0.1, -0.05) is 128 Å². The van der Waals surface area contributed by atoms with E-state index in [1.165, 1.54) is 5.19 Å². The van der Waals surface area contributed by atoms with Crippen LogP contribution >= 0.6 is 0 Å². The predicted molar refractivity (Wildman–Crippen MR) is 245 cm³/mol. The number of rotatable bonds is 5. The van der Waals surface area contributed by atoms with Crippen LogP contribution in [0.3, 0.4) is 0 Å². The molecule has 0 fully saturated rings. The van der Waals surface area contributed by atoms with E-state index in [-0.39, 0.29) is 25.9 Å². The monoisotopic (exact) mass is 972 g/mol. The quantitative estimate of drug-likeness (QED) is 0.127. The molecule has 0 aliphatic rings. The fourth-order valence-electron chi connectivity index (χ4n) is 7.98. The van der Waals surface area contributed by atoms with Crippen LogP contribution in [0, 0.1) is 17.9 Å². The van der Waals surface area contributed by atoms with Gasteiger partial charge in [-0.05, 0) is 69.2 Å². The number of furan rings is 1. The molecule has 11 rings (SSSR count). The first-order valence-corrected chi connectivity index (χ1v) is 23.3. The number of hydrogen-bond acceptors (Lipinski definition) is 3. The molecular weight excluding hydrogens is 934 g/mol. The molecule has 3 aromatic heterocycles. The van der Waals surface area contributed by atoms with Crippen molar-refractivity contribution in [3.8, 4) is 39.5 Å². The summed E-state index contributed by atoms with van der Waals surface area (Å²) >= 11 is 0. The number of hydrogen-bond donors (Lipinski definition) is 0. The molecule has 1 radical (unpaired) electrons. The van der Waals surface area contributed by atoms with Crippen molar-refractivity contribution in [2.75, 3.05) is 0 Å². The molecule has 0 atom stereocenters. The van der Waals surface area contributed by atoms with Gasteiger partial charge in [-0.3, -0.25) is 4.98 Å². The van der Waals surface area contributed by atoms with Crippen molar-refractivity contribution in [1.82, 2.24) is 14.5 Å². The second-order valence-electron chi connectivity index (χ2n) is 15.8. The van der Waals surface area contributed by atoms with Crippen LogP contribution < -0.4 is 5.19 Å². The van der Waals surface area contributed by atoms with E-state index in [4.69, 9.17) is 9.40 Å². The molecule has 0 saturated carbocycles. The van der Waals surface area contributed by atoms with Crippen molar-refractivity contribution >= 4 is 67.8 Å². The molecule has 0 saturated heterocycles. The number of halogens is 1. The molecular formula is C53H38FIrN3OSi-2. The summed E-state index contributed by atoms with van der Waals surface area (Å²) in [5.41, 5.74) is 9.32. The molecule has 0 aliphatic carbocycles. The Kier molecular flexibility index (Phi) is 10.3. The van der Waals surface area contributed by atoms with Crippen LogP contribution in [0.4, 0.5) is 4.39 Å². The summed E-state index contributed by atoms with van der Waals surface area (Å²) in [4.78, 5) is 9.65. The van der Waals surface area contributed by atoms with Gasteiger partial charge in [-0.2, -0.15) is 0 Å². The van der Waals surface area contributed by atoms with Crippen molar-refractivity contribution < 1.29 is 28.9 Å². The normalized spacial score (nSPS) is 11.5. The van der Waals surface area contributed by atoms with Gasteiger partial charge in [0.05, 0.1) is 30.5 Å². The fourth-order valence-corrected chi connectivity index (χ4v) is 9.01. The van der Waals surface area contributed by atoms with Crippen molar-refractivity contribution in [1.29, 1.82) is 0 Å². The molecule has 0 unspecified atom stereocenters. The topological polar surface area (TPSA) is 43.9 Å². The van der Waals surface area contributed by atoms with Crippen LogP contribution in [0.15, 0.2) is 180 Å². The summed E-state index contributed by atoms with van der Waals surface area (Å²) in [6.45, 7) is 7.00. The molecule has 8 aromatic carbocycles. The summed E-state index contributed by atoms with van der Waals surface area (Å²) < 4.78 is 23.4. The molecule has 0 aliphatic heterocycles. The van der Waals surface area contributed by atoms with Crippen LogP contribution in [-0.2, 0) is 20.1 Å². The zero-order valence-corrected chi connectivity index (χ0v) is 36.6. The van der Waals surface area contributed by atoms with Crippen LogP contribution in [0.25, 0.3) is 94.0 Å². The van der Waals surface area contributed by atoms with Crippen LogP contribution in [0.1, 0.15) is 0 Å². The summed E-state index contributed by atoms with van der Waals surface area (Å²) in [5, 5.41) is 7.16. The Morgan fingerprint density at radius 1 is 0.633 bits per heavy atom. The van der Waals surface area contributed by atoms with E-state index in [1.807, 2.05) is 103 Å². The minimum Gasteiger partial charge on any atom is -0.501 e. The molecule has 0 N–H and O–H groups in total. The second kappa shape index (κ2) is 15.9. The standard InChI is InChI=1S/C39H22FN2O.C14H16NSi.Ir/c40-33-21-20-26(28-12-3-4-13-29(28)33)25-19-22-37-32(23-25)30-14-8-15-31(38(30)43-37)39-41-34-16-5-6-17-36(34)42(39)35-18-7-10-24-9-1-2-11-27(24)35;1-16(2,3)13-9-10-14(15-11-13)12-7-5-4-6-8-12;/h1-14,16-23H;4-7,9-11H,1-3H3;/q2*-1;. The van der Waals surface area contributed by atoms with E-state index in [1.54, 1.807) is 6.07 Å². The van der Waals surface area contributed by atoms with Gasteiger partial charge >= 0.3 is 0 Å². The van der Waals surface area contributed by atoms with Crippen LogP contribution in [0.2, 0.25) is 19.6 Å². The first kappa shape index (κ1) is 39.0. The molecule has 60 heavy (non-hydrogen) atoms. The Morgan fingerprint density at radius 2 is 1.40 bits per heavy atom. The average molecular weight is 972 g/mol. The number of aromatic nitrogens is 3. The minimum atomic E-state index is -1.23. The summed E-state index contributed by atoms with van der Waals surface area (Å²) in [5.74, 6) is 0.551. The first-order valence-electron chi connectivity index (χ1n) is 19.8. The van der Waals surface area contributed by atoms with Crippen molar-refractivity contribution in [3.05, 3.63) is 194 Å². The number of pyridine rings is 1. The summed E-state index contributed by atoms with van der Waals surface area (Å²) in [6, 6.07) is 63.0. The molecule has 4 nitrogen and oxygen atoms in total. The Bertz CT molecular complexity index is 3330. The zero-order chi connectivity index (χ0) is 40.1. The number of benzene rings is 8. The first-order chi connectivity index (χ1) is 28.8. The molecule has 293 valence electrons. The van der Waals surface area contributed by atoms with E-state index in [9.17, 15) is 4.39 Å². The molecule has 0 bridgehead atoms. The molecule has 0 spiro atoms.